The molecule has 0 aliphatic carbocycles. The van der Waals surface area contributed by atoms with Crippen molar-refractivity contribution < 1.29 is 19.4 Å². The smallest absolute Gasteiger partial charge is 0.196 e. The van der Waals surface area contributed by atoms with Gasteiger partial charge in [-0.2, -0.15) is 0 Å². The summed E-state index contributed by atoms with van der Waals surface area (Å²) in [7, 11) is 1.62. The lowest BCUT2D eigenvalue weighted by atomic mass is 10.0. The molecule has 0 amide bonds. The minimum absolute atomic E-state index is 0.0962. The van der Waals surface area contributed by atoms with Crippen molar-refractivity contribution in [1.29, 1.82) is 0 Å². The van der Waals surface area contributed by atoms with Gasteiger partial charge in [0.05, 0.1) is 12.7 Å². The molecule has 0 saturated carbocycles. The fourth-order valence-electron chi connectivity index (χ4n) is 2.43. The lowest BCUT2D eigenvalue weighted by Crippen LogP contribution is -2.02. The highest BCUT2D eigenvalue weighted by atomic mass is 16.5. The van der Waals surface area contributed by atoms with Gasteiger partial charge in [-0.1, -0.05) is 42.5 Å². The number of hydrogen-bond acceptors (Lipinski definition) is 4. The van der Waals surface area contributed by atoms with E-state index in [0.29, 0.717) is 17.9 Å². The van der Waals surface area contributed by atoms with E-state index in [-0.39, 0.29) is 17.1 Å². The average Bonchev–Trinajstić information content (AvgIpc) is 2.67. The zero-order valence-electron chi connectivity index (χ0n) is 13.8. The van der Waals surface area contributed by atoms with Crippen LogP contribution in [0.5, 0.6) is 17.2 Å². The molecule has 0 fully saturated rings. The second-order valence-electron chi connectivity index (χ2n) is 5.51. The highest BCUT2D eigenvalue weighted by molar-refractivity contribution is 6.10. The van der Waals surface area contributed by atoms with Gasteiger partial charge in [0.1, 0.15) is 23.9 Å². The van der Waals surface area contributed by atoms with Gasteiger partial charge in [-0.15, -0.1) is 0 Å². The van der Waals surface area contributed by atoms with Crippen molar-refractivity contribution in [3.63, 3.8) is 0 Å². The Morgan fingerprint density at radius 1 is 0.920 bits per heavy atom. The molecule has 0 unspecified atom stereocenters. The van der Waals surface area contributed by atoms with Crippen LogP contribution in [-0.2, 0) is 6.61 Å². The van der Waals surface area contributed by atoms with Gasteiger partial charge in [0.15, 0.2) is 5.78 Å². The molecule has 0 aliphatic heterocycles. The standard InChI is InChI=1S/C21H18O4/c1-24-17-9-7-15(8-10-17)14-25-18-11-12-19(20(22)13-18)21(23)16-5-3-2-4-6-16/h2-13,22H,14H2,1H3. The number of phenols is 1. The van der Waals surface area contributed by atoms with Gasteiger partial charge in [0.25, 0.3) is 0 Å². The van der Waals surface area contributed by atoms with Crippen LogP contribution < -0.4 is 9.47 Å². The van der Waals surface area contributed by atoms with E-state index >= 15 is 0 Å². The van der Waals surface area contributed by atoms with Crippen molar-refractivity contribution in [2.75, 3.05) is 7.11 Å². The van der Waals surface area contributed by atoms with Crippen LogP contribution in [0.4, 0.5) is 0 Å². The van der Waals surface area contributed by atoms with Crippen LogP contribution in [0.1, 0.15) is 21.5 Å². The lowest BCUT2D eigenvalue weighted by Gasteiger charge is -2.09. The van der Waals surface area contributed by atoms with E-state index in [2.05, 4.69) is 0 Å². The number of aromatic hydroxyl groups is 1. The number of methoxy groups -OCH3 is 1. The van der Waals surface area contributed by atoms with Crippen molar-refractivity contribution in [3.05, 3.63) is 89.5 Å². The maximum absolute atomic E-state index is 12.4. The van der Waals surface area contributed by atoms with E-state index in [1.54, 1.807) is 43.5 Å². The molecule has 3 rings (SSSR count). The molecule has 0 radical (unpaired) electrons. The maximum atomic E-state index is 12.4. The first kappa shape index (κ1) is 16.6. The molecule has 0 atom stereocenters. The van der Waals surface area contributed by atoms with Gasteiger partial charge in [-0.3, -0.25) is 4.79 Å². The molecular weight excluding hydrogens is 316 g/mol. The van der Waals surface area contributed by atoms with Crippen molar-refractivity contribution in [2.24, 2.45) is 0 Å². The molecule has 1 N–H and O–H groups in total. The van der Waals surface area contributed by atoms with Gasteiger partial charge >= 0.3 is 0 Å². The molecule has 0 aliphatic rings. The van der Waals surface area contributed by atoms with Crippen LogP contribution >= 0.6 is 0 Å². The molecule has 3 aromatic carbocycles. The number of phenolic OH excluding ortho intramolecular Hbond substituents is 1. The number of carbonyl (C=O) groups excluding carboxylic acids is 1. The summed E-state index contributed by atoms with van der Waals surface area (Å²) in [5.74, 6) is 0.962. The summed E-state index contributed by atoms with van der Waals surface area (Å²) < 4.78 is 10.8. The van der Waals surface area contributed by atoms with Crippen molar-refractivity contribution in [2.45, 2.75) is 6.61 Å². The highest BCUT2D eigenvalue weighted by Crippen LogP contribution is 2.26. The van der Waals surface area contributed by atoms with Gasteiger partial charge in [0, 0.05) is 11.6 Å². The molecule has 0 spiro atoms. The van der Waals surface area contributed by atoms with Crippen LogP contribution in [0.2, 0.25) is 0 Å². The number of ether oxygens (including phenoxy) is 2. The average molecular weight is 334 g/mol. The third-order valence-electron chi connectivity index (χ3n) is 3.81. The van der Waals surface area contributed by atoms with Crippen LogP contribution in [0, 0.1) is 0 Å². The first-order chi connectivity index (χ1) is 12.2. The number of carbonyl (C=O) groups is 1. The van der Waals surface area contributed by atoms with Gasteiger partial charge in [0.2, 0.25) is 0 Å². The molecular formula is C21H18O4. The Morgan fingerprint density at radius 3 is 2.24 bits per heavy atom. The Morgan fingerprint density at radius 2 is 1.60 bits per heavy atom. The van der Waals surface area contributed by atoms with E-state index in [0.717, 1.165) is 11.3 Å². The predicted molar refractivity (Wildman–Crippen MR) is 95.3 cm³/mol. The predicted octanol–water partition coefficient (Wildman–Crippen LogP) is 4.21. The molecule has 0 heterocycles. The molecule has 0 bridgehead atoms. The van der Waals surface area contributed by atoms with Crippen LogP contribution in [0.25, 0.3) is 0 Å². The minimum atomic E-state index is -0.222. The molecule has 25 heavy (non-hydrogen) atoms. The maximum Gasteiger partial charge on any atom is 0.196 e. The Hall–Kier alpha value is -3.27. The second kappa shape index (κ2) is 7.53. The highest BCUT2D eigenvalue weighted by Gasteiger charge is 2.14. The summed E-state index contributed by atoms with van der Waals surface area (Å²) >= 11 is 0. The normalized spacial score (nSPS) is 10.3. The SMILES string of the molecule is COc1ccc(COc2ccc(C(=O)c3ccccc3)c(O)c2)cc1. The Balaban J connectivity index is 1.70. The number of rotatable bonds is 6. The number of ketones is 1. The quantitative estimate of drug-likeness (QED) is 0.686. The van der Waals surface area contributed by atoms with Crippen molar-refractivity contribution in [1.82, 2.24) is 0 Å². The first-order valence-corrected chi connectivity index (χ1v) is 7.86. The summed E-state index contributed by atoms with van der Waals surface area (Å²) in [5, 5.41) is 10.2. The number of benzene rings is 3. The van der Waals surface area contributed by atoms with E-state index in [1.807, 2.05) is 30.3 Å². The fraction of sp³-hybridized carbons (Fsp3) is 0.0952. The summed E-state index contributed by atoms with van der Waals surface area (Å²) in [6.45, 7) is 0.357. The number of hydrogen-bond donors (Lipinski definition) is 1. The summed E-state index contributed by atoms with van der Waals surface area (Å²) in [5.41, 5.74) is 1.76. The summed E-state index contributed by atoms with van der Waals surface area (Å²) in [4.78, 5) is 12.4. The molecule has 0 saturated heterocycles. The molecule has 0 aromatic heterocycles. The monoisotopic (exact) mass is 334 g/mol. The van der Waals surface area contributed by atoms with Crippen molar-refractivity contribution >= 4 is 5.78 Å². The van der Waals surface area contributed by atoms with Crippen LogP contribution in [0.3, 0.4) is 0 Å². The van der Waals surface area contributed by atoms with E-state index in [9.17, 15) is 9.90 Å². The van der Waals surface area contributed by atoms with Gasteiger partial charge in [-0.05, 0) is 29.8 Å². The van der Waals surface area contributed by atoms with E-state index < -0.39 is 0 Å². The second-order valence-corrected chi connectivity index (χ2v) is 5.51. The Kier molecular flexibility index (Phi) is 5.00. The van der Waals surface area contributed by atoms with Gasteiger partial charge in [-0.25, -0.2) is 0 Å². The third-order valence-corrected chi connectivity index (χ3v) is 3.81. The minimum Gasteiger partial charge on any atom is -0.507 e. The topological polar surface area (TPSA) is 55.8 Å². The van der Waals surface area contributed by atoms with Crippen LogP contribution in [0.15, 0.2) is 72.8 Å². The van der Waals surface area contributed by atoms with E-state index in [4.69, 9.17) is 9.47 Å². The largest absolute Gasteiger partial charge is 0.507 e. The molecule has 3 aromatic rings. The fourth-order valence-corrected chi connectivity index (χ4v) is 2.43. The zero-order valence-corrected chi connectivity index (χ0v) is 13.8. The Bertz CT molecular complexity index is 855. The Labute approximate surface area is 146 Å². The summed E-state index contributed by atoms with van der Waals surface area (Å²) in [6, 6.07) is 21.1. The lowest BCUT2D eigenvalue weighted by molar-refractivity contribution is 0.103. The molecule has 126 valence electrons. The zero-order chi connectivity index (χ0) is 17.6. The first-order valence-electron chi connectivity index (χ1n) is 7.86. The van der Waals surface area contributed by atoms with Gasteiger partial charge < -0.3 is 14.6 Å². The summed E-state index contributed by atoms with van der Waals surface area (Å²) in [6.07, 6.45) is 0. The van der Waals surface area contributed by atoms with Crippen LogP contribution in [-0.4, -0.2) is 18.0 Å². The molecule has 4 heteroatoms. The third kappa shape index (κ3) is 3.98. The van der Waals surface area contributed by atoms with Crippen molar-refractivity contribution in [3.8, 4) is 17.2 Å². The van der Waals surface area contributed by atoms with E-state index in [1.165, 1.54) is 6.07 Å². The molecule has 4 nitrogen and oxygen atoms in total.